The molecular weight excluding hydrogens is 218 g/mol. The molecule has 2 N–H and O–H groups in total. The zero-order chi connectivity index (χ0) is 13.3. The molecule has 0 unspecified atom stereocenters. The third-order valence-corrected chi connectivity index (χ3v) is 3.67. The molecule has 2 aromatic rings. The monoisotopic (exact) mass is 239 g/mol. The number of nitrogens with two attached hydrogens (primary N) is 1. The summed E-state index contributed by atoms with van der Waals surface area (Å²) in [5.41, 5.74) is 13.2. The second kappa shape index (κ2) is 4.85. The standard InChI is InChI=1S/C17H21N/c1-11(2)14-6-8-15(9-7-14)16-10-5-12(3)13(4)17(16)18/h5-11H,18H2,1-4H3. The molecule has 0 saturated carbocycles. The van der Waals surface area contributed by atoms with E-state index in [0.717, 1.165) is 11.3 Å². The minimum Gasteiger partial charge on any atom is -0.398 e. The fourth-order valence-corrected chi connectivity index (χ4v) is 2.14. The van der Waals surface area contributed by atoms with Gasteiger partial charge in [0.2, 0.25) is 0 Å². The smallest absolute Gasteiger partial charge is 0.0426 e. The first-order valence-electron chi connectivity index (χ1n) is 6.46. The molecule has 1 nitrogen and oxygen atoms in total. The van der Waals surface area contributed by atoms with Gasteiger partial charge in [0.05, 0.1) is 0 Å². The van der Waals surface area contributed by atoms with Crippen LogP contribution in [-0.2, 0) is 0 Å². The first kappa shape index (κ1) is 12.7. The van der Waals surface area contributed by atoms with Crippen LogP contribution < -0.4 is 5.73 Å². The van der Waals surface area contributed by atoms with Crippen LogP contribution in [0, 0.1) is 13.8 Å². The molecule has 2 rings (SSSR count). The highest BCUT2D eigenvalue weighted by Gasteiger charge is 2.07. The van der Waals surface area contributed by atoms with E-state index in [0.29, 0.717) is 5.92 Å². The maximum absolute atomic E-state index is 6.21. The first-order chi connectivity index (χ1) is 8.50. The number of nitrogen functional groups attached to an aromatic ring is 1. The number of hydrogen-bond acceptors (Lipinski definition) is 1. The summed E-state index contributed by atoms with van der Waals surface area (Å²) in [6.07, 6.45) is 0. The van der Waals surface area contributed by atoms with Crippen LogP contribution in [0.5, 0.6) is 0 Å². The Balaban J connectivity index is 2.46. The van der Waals surface area contributed by atoms with Crippen molar-refractivity contribution in [1.82, 2.24) is 0 Å². The van der Waals surface area contributed by atoms with Gasteiger partial charge >= 0.3 is 0 Å². The van der Waals surface area contributed by atoms with Crippen LogP contribution in [0.3, 0.4) is 0 Å². The zero-order valence-corrected chi connectivity index (χ0v) is 11.6. The van der Waals surface area contributed by atoms with Crippen molar-refractivity contribution < 1.29 is 0 Å². The van der Waals surface area contributed by atoms with Crippen molar-refractivity contribution in [2.45, 2.75) is 33.6 Å². The zero-order valence-electron chi connectivity index (χ0n) is 11.6. The van der Waals surface area contributed by atoms with Gasteiger partial charge in [-0.05, 0) is 42.0 Å². The summed E-state index contributed by atoms with van der Waals surface area (Å²) in [5.74, 6) is 0.566. The average molecular weight is 239 g/mol. The average Bonchev–Trinajstić information content (AvgIpc) is 2.36. The Hall–Kier alpha value is -1.76. The Labute approximate surface area is 110 Å². The number of benzene rings is 2. The van der Waals surface area contributed by atoms with Crippen molar-refractivity contribution in [3.63, 3.8) is 0 Å². The highest BCUT2D eigenvalue weighted by atomic mass is 14.6. The lowest BCUT2D eigenvalue weighted by Crippen LogP contribution is -1.96. The van der Waals surface area contributed by atoms with E-state index in [2.05, 4.69) is 64.1 Å². The van der Waals surface area contributed by atoms with Crippen molar-refractivity contribution >= 4 is 5.69 Å². The minimum absolute atomic E-state index is 0.566. The lowest BCUT2D eigenvalue weighted by atomic mass is 9.95. The molecule has 94 valence electrons. The number of rotatable bonds is 2. The molecule has 2 aromatic carbocycles. The molecule has 0 spiro atoms. The Morgan fingerprint density at radius 2 is 1.50 bits per heavy atom. The lowest BCUT2D eigenvalue weighted by molar-refractivity contribution is 0.867. The second-order valence-electron chi connectivity index (χ2n) is 5.25. The van der Waals surface area contributed by atoms with Gasteiger partial charge in [-0.2, -0.15) is 0 Å². The largest absolute Gasteiger partial charge is 0.398 e. The molecule has 18 heavy (non-hydrogen) atoms. The molecular formula is C17H21N. The van der Waals surface area contributed by atoms with Crippen molar-refractivity contribution in [2.24, 2.45) is 0 Å². The molecule has 0 aliphatic rings. The normalized spacial score (nSPS) is 10.9. The SMILES string of the molecule is Cc1ccc(-c2ccc(C(C)C)cc2)c(N)c1C. The van der Waals surface area contributed by atoms with E-state index in [1.54, 1.807) is 0 Å². The van der Waals surface area contributed by atoms with Gasteiger partial charge in [0.25, 0.3) is 0 Å². The predicted molar refractivity (Wildman–Crippen MR) is 79.9 cm³/mol. The fourth-order valence-electron chi connectivity index (χ4n) is 2.14. The Morgan fingerprint density at radius 1 is 0.889 bits per heavy atom. The maximum atomic E-state index is 6.21. The lowest BCUT2D eigenvalue weighted by Gasteiger charge is -2.12. The third-order valence-electron chi connectivity index (χ3n) is 3.67. The summed E-state index contributed by atoms with van der Waals surface area (Å²) in [7, 11) is 0. The van der Waals surface area contributed by atoms with E-state index < -0.39 is 0 Å². The molecule has 0 atom stereocenters. The molecule has 0 aliphatic carbocycles. The van der Waals surface area contributed by atoms with Crippen LogP contribution >= 0.6 is 0 Å². The van der Waals surface area contributed by atoms with Gasteiger partial charge in [-0.25, -0.2) is 0 Å². The van der Waals surface area contributed by atoms with Gasteiger partial charge in [-0.15, -0.1) is 0 Å². The van der Waals surface area contributed by atoms with E-state index >= 15 is 0 Å². The van der Waals surface area contributed by atoms with E-state index in [4.69, 9.17) is 5.73 Å². The van der Waals surface area contributed by atoms with Crippen molar-refractivity contribution in [2.75, 3.05) is 5.73 Å². The van der Waals surface area contributed by atoms with Crippen LogP contribution in [0.15, 0.2) is 36.4 Å². The molecule has 0 amide bonds. The van der Waals surface area contributed by atoms with E-state index in [-0.39, 0.29) is 0 Å². The summed E-state index contributed by atoms with van der Waals surface area (Å²) < 4.78 is 0. The highest BCUT2D eigenvalue weighted by Crippen LogP contribution is 2.30. The summed E-state index contributed by atoms with van der Waals surface area (Å²) in [6.45, 7) is 8.59. The Morgan fingerprint density at radius 3 is 2.06 bits per heavy atom. The molecule has 0 aromatic heterocycles. The van der Waals surface area contributed by atoms with Gasteiger partial charge in [0, 0.05) is 11.3 Å². The summed E-state index contributed by atoms with van der Waals surface area (Å²) in [5, 5.41) is 0. The van der Waals surface area contributed by atoms with Gasteiger partial charge in [-0.1, -0.05) is 50.2 Å². The number of hydrogen-bond donors (Lipinski definition) is 1. The van der Waals surface area contributed by atoms with Crippen molar-refractivity contribution in [3.8, 4) is 11.1 Å². The second-order valence-corrected chi connectivity index (χ2v) is 5.25. The van der Waals surface area contributed by atoms with E-state index in [1.807, 2.05) is 0 Å². The van der Waals surface area contributed by atoms with Gasteiger partial charge in [0.15, 0.2) is 0 Å². The molecule has 0 radical (unpaired) electrons. The third kappa shape index (κ3) is 2.26. The van der Waals surface area contributed by atoms with Crippen LogP contribution in [0.2, 0.25) is 0 Å². The summed E-state index contributed by atoms with van der Waals surface area (Å²) >= 11 is 0. The van der Waals surface area contributed by atoms with Crippen LogP contribution in [0.1, 0.15) is 36.5 Å². The molecule has 0 heterocycles. The first-order valence-corrected chi connectivity index (χ1v) is 6.46. The molecule has 1 heteroatoms. The molecule has 0 aliphatic heterocycles. The molecule has 0 saturated heterocycles. The molecule has 0 bridgehead atoms. The highest BCUT2D eigenvalue weighted by molar-refractivity contribution is 5.79. The number of aryl methyl sites for hydroxylation is 1. The van der Waals surface area contributed by atoms with E-state index in [9.17, 15) is 0 Å². The maximum Gasteiger partial charge on any atom is 0.0426 e. The topological polar surface area (TPSA) is 26.0 Å². The van der Waals surface area contributed by atoms with Crippen molar-refractivity contribution in [1.29, 1.82) is 0 Å². The fraction of sp³-hybridized carbons (Fsp3) is 0.294. The predicted octanol–water partition coefficient (Wildman–Crippen LogP) is 4.68. The minimum atomic E-state index is 0.566. The van der Waals surface area contributed by atoms with E-state index in [1.165, 1.54) is 22.3 Å². The van der Waals surface area contributed by atoms with Gasteiger partial charge in [-0.3, -0.25) is 0 Å². The quantitative estimate of drug-likeness (QED) is 0.757. The van der Waals surface area contributed by atoms with Crippen LogP contribution in [0.25, 0.3) is 11.1 Å². The van der Waals surface area contributed by atoms with Crippen molar-refractivity contribution in [3.05, 3.63) is 53.1 Å². The Bertz CT molecular complexity index is 551. The van der Waals surface area contributed by atoms with Crippen LogP contribution in [0.4, 0.5) is 5.69 Å². The van der Waals surface area contributed by atoms with Gasteiger partial charge in [0.1, 0.15) is 0 Å². The number of anilines is 1. The summed E-state index contributed by atoms with van der Waals surface area (Å²) in [4.78, 5) is 0. The van der Waals surface area contributed by atoms with Crippen LogP contribution in [-0.4, -0.2) is 0 Å². The molecule has 0 fully saturated rings. The Kier molecular flexibility index (Phi) is 3.42. The van der Waals surface area contributed by atoms with Gasteiger partial charge < -0.3 is 5.73 Å². The summed E-state index contributed by atoms with van der Waals surface area (Å²) in [6, 6.07) is 13.0.